The fraction of sp³-hybridized carbons (Fsp3) is 0.190. The summed E-state index contributed by atoms with van der Waals surface area (Å²) in [6, 6.07) is 23.1. The van der Waals surface area contributed by atoms with Crippen molar-refractivity contribution in [2.45, 2.75) is 26.2 Å². The van der Waals surface area contributed by atoms with Crippen LogP contribution in [-0.4, -0.2) is 0 Å². The molecule has 0 fully saturated rings. The van der Waals surface area contributed by atoms with Crippen LogP contribution < -0.4 is 18.6 Å². The zero-order valence-corrected chi connectivity index (χ0v) is 16.1. The van der Waals surface area contributed by atoms with Gasteiger partial charge in [-0.25, -0.2) is 23.1 Å². The second-order valence-corrected chi connectivity index (χ2v) is 7.71. The minimum absolute atomic E-state index is 0.180. The Hall–Kier alpha value is -2.28. The molecule has 0 saturated heterocycles. The van der Waals surface area contributed by atoms with Gasteiger partial charge >= 0.3 is 12.0 Å². The summed E-state index contributed by atoms with van der Waals surface area (Å²) in [5.74, 6) is 0.887. The molecular formula is C21H21ClO5. The minimum Gasteiger partial charge on any atom is -0.222 e. The fourth-order valence-electron chi connectivity index (χ4n) is 2.50. The lowest BCUT2D eigenvalue weighted by Gasteiger charge is -2.19. The first-order valence-electron chi connectivity index (χ1n) is 8.24. The maximum absolute atomic E-state index is 8.49. The van der Waals surface area contributed by atoms with Crippen LogP contribution in [0.3, 0.4) is 0 Å². The highest BCUT2D eigenvalue weighted by atomic mass is 35.7. The average Bonchev–Trinajstić information content (AvgIpc) is 2.61. The second-order valence-electron chi connectivity index (χ2n) is 6.96. The molecule has 0 unspecified atom stereocenters. The molecule has 0 amide bonds. The van der Waals surface area contributed by atoms with Crippen LogP contribution in [0.1, 0.15) is 26.3 Å². The summed E-state index contributed by atoms with van der Waals surface area (Å²) in [6.45, 7) is 6.70. The smallest absolute Gasteiger partial charge is 0.222 e. The number of rotatable bonds is 2. The zero-order chi connectivity index (χ0) is 20.1. The highest BCUT2D eigenvalue weighted by Crippen LogP contribution is 2.28. The molecule has 0 aliphatic heterocycles. The summed E-state index contributed by atoms with van der Waals surface area (Å²) in [5, 5.41) is 0. The number of hydrogen-bond donors (Lipinski definition) is 0. The van der Waals surface area contributed by atoms with Gasteiger partial charge in [-0.2, -0.15) is 0 Å². The van der Waals surface area contributed by atoms with Gasteiger partial charge in [0, 0.05) is 6.07 Å². The number of benzene rings is 2. The van der Waals surface area contributed by atoms with Crippen LogP contribution in [0.15, 0.2) is 77.4 Å². The Kier molecular flexibility index (Phi) is 6.70. The average molecular weight is 389 g/mol. The maximum Gasteiger partial charge on any atom is 0.360 e. The molecule has 3 aromatic rings. The minimum atomic E-state index is -4.94. The van der Waals surface area contributed by atoms with Crippen molar-refractivity contribution in [3.8, 4) is 22.5 Å². The van der Waals surface area contributed by atoms with Crippen molar-refractivity contribution in [3.05, 3.63) is 78.6 Å². The first kappa shape index (κ1) is 21.0. The van der Waals surface area contributed by atoms with Gasteiger partial charge in [-0.3, -0.25) is 0 Å². The van der Waals surface area contributed by atoms with Crippen molar-refractivity contribution in [1.29, 1.82) is 0 Å². The van der Waals surface area contributed by atoms with E-state index in [9.17, 15) is 0 Å². The lowest BCUT2D eigenvalue weighted by molar-refractivity contribution is -2.00. The van der Waals surface area contributed by atoms with Crippen molar-refractivity contribution >= 4 is 0 Å². The quantitative estimate of drug-likeness (QED) is 0.618. The van der Waals surface area contributed by atoms with E-state index in [0.717, 1.165) is 11.3 Å². The van der Waals surface area contributed by atoms with Crippen LogP contribution >= 0.6 is 0 Å². The third-order valence-corrected chi connectivity index (χ3v) is 3.87. The van der Waals surface area contributed by atoms with Gasteiger partial charge in [0.15, 0.2) is 0 Å². The molecule has 0 bridgehead atoms. The molecule has 2 aromatic carbocycles. The van der Waals surface area contributed by atoms with Gasteiger partial charge < -0.3 is 0 Å². The van der Waals surface area contributed by atoms with E-state index >= 15 is 0 Å². The summed E-state index contributed by atoms with van der Waals surface area (Å²) in [4.78, 5) is 0. The van der Waals surface area contributed by atoms with Crippen molar-refractivity contribution in [2.75, 3.05) is 0 Å². The zero-order valence-electron chi connectivity index (χ0n) is 15.3. The monoisotopic (exact) mass is 388 g/mol. The Morgan fingerprint density at radius 1 is 0.704 bits per heavy atom. The second kappa shape index (κ2) is 8.61. The van der Waals surface area contributed by atoms with Crippen molar-refractivity contribution in [1.82, 2.24) is 0 Å². The van der Waals surface area contributed by atoms with Gasteiger partial charge in [0.25, 0.3) is 0 Å². The molecule has 3 rings (SSSR count). The maximum atomic E-state index is 8.49. The van der Waals surface area contributed by atoms with E-state index in [0.29, 0.717) is 0 Å². The van der Waals surface area contributed by atoms with Gasteiger partial charge in [0.05, 0.1) is 11.6 Å². The third kappa shape index (κ3) is 7.09. The molecule has 0 N–H and O–H groups in total. The SMILES string of the molecule is CC(C)(C)c1ccc(-c2cc[o+]c(-c3ccccc3)c2)cc1.[O-][Cl+3]([O-])([O-])[O-]. The van der Waals surface area contributed by atoms with Crippen LogP contribution in [-0.2, 0) is 5.41 Å². The first-order chi connectivity index (χ1) is 12.5. The summed E-state index contributed by atoms with van der Waals surface area (Å²) in [6.07, 6.45) is 1.76. The number of hydrogen-bond acceptors (Lipinski definition) is 4. The van der Waals surface area contributed by atoms with Crippen molar-refractivity contribution in [2.24, 2.45) is 0 Å². The lowest BCUT2D eigenvalue weighted by atomic mass is 9.86. The standard InChI is InChI=1S/C21H21O.ClHO4/c1-21(2,3)19-11-9-16(10-12-19)18-13-14-22-20(15-18)17-7-5-4-6-8-17;2-1(3,4)5/h4-15H,1-3H3;(H,2,3,4,5)/q+1;/p-1. The van der Waals surface area contributed by atoms with E-state index < -0.39 is 10.2 Å². The largest absolute Gasteiger partial charge is 0.360 e. The predicted octanol–water partition coefficient (Wildman–Crippen LogP) is 1.44. The van der Waals surface area contributed by atoms with E-state index in [4.69, 9.17) is 23.1 Å². The van der Waals surface area contributed by atoms with Crippen LogP contribution in [0.4, 0.5) is 0 Å². The molecular weight excluding hydrogens is 368 g/mol. The van der Waals surface area contributed by atoms with Gasteiger partial charge in [-0.1, -0.05) is 63.2 Å². The number of halogens is 1. The van der Waals surface area contributed by atoms with Gasteiger partial charge in [-0.05, 0) is 34.2 Å². The van der Waals surface area contributed by atoms with Gasteiger partial charge in [-0.15, -0.1) is 10.2 Å². The Labute approximate surface area is 160 Å². The van der Waals surface area contributed by atoms with E-state index in [1.54, 1.807) is 6.26 Å². The van der Waals surface area contributed by atoms with E-state index in [2.05, 4.69) is 63.2 Å². The molecule has 142 valence electrons. The Bertz CT molecular complexity index is 844. The molecule has 0 radical (unpaired) electrons. The summed E-state index contributed by atoms with van der Waals surface area (Å²) < 4.78 is 39.6. The molecule has 27 heavy (non-hydrogen) atoms. The Morgan fingerprint density at radius 2 is 1.26 bits per heavy atom. The van der Waals surface area contributed by atoms with Crippen molar-refractivity contribution < 1.29 is 33.3 Å². The summed E-state index contributed by atoms with van der Waals surface area (Å²) in [5.41, 5.74) is 5.00. The highest BCUT2D eigenvalue weighted by Gasteiger charge is 2.15. The predicted molar refractivity (Wildman–Crippen MR) is 92.7 cm³/mol. The van der Waals surface area contributed by atoms with Crippen molar-refractivity contribution in [3.63, 3.8) is 0 Å². The molecule has 5 nitrogen and oxygen atoms in total. The molecule has 0 aliphatic rings. The van der Waals surface area contributed by atoms with Crippen LogP contribution in [0.2, 0.25) is 0 Å². The molecule has 6 heteroatoms. The highest BCUT2D eigenvalue weighted by molar-refractivity contribution is 5.69. The third-order valence-electron chi connectivity index (χ3n) is 3.87. The Morgan fingerprint density at radius 3 is 1.78 bits per heavy atom. The Balaban J connectivity index is 0.000000465. The van der Waals surface area contributed by atoms with Gasteiger partial charge in [0.2, 0.25) is 0 Å². The topological polar surface area (TPSA) is 104 Å². The van der Waals surface area contributed by atoms with Crippen LogP contribution in [0, 0.1) is 10.2 Å². The molecule has 0 saturated carbocycles. The van der Waals surface area contributed by atoms with Crippen LogP contribution in [0.25, 0.3) is 22.5 Å². The fourth-order valence-corrected chi connectivity index (χ4v) is 2.50. The van der Waals surface area contributed by atoms with E-state index in [1.807, 2.05) is 24.3 Å². The van der Waals surface area contributed by atoms with E-state index in [1.165, 1.54) is 16.7 Å². The normalized spacial score (nSPS) is 11.5. The summed E-state index contributed by atoms with van der Waals surface area (Å²) in [7, 11) is -4.94. The van der Waals surface area contributed by atoms with Crippen LogP contribution in [0.5, 0.6) is 0 Å². The first-order valence-corrected chi connectivity index (χ1v) is 9.47. The van der Waals surface area contributed by atoms with E-state index in [-0.39, 0.29) is 5.41 Å². The molecule has 0 atom stereocenters. The molecule has 1 aromatic heterocycles. The van der Waals surface area contributed by atoms with Gasteiger partial charge in [0.1, 0.15) is 0 Å². The molecule has 1 heterocycles. The lowest BCUT2D eigenvalue weighted by Crippen LogP contribution is -2.68. The summed E-state index contributed by atoms with van der Waals surface area (Å²) >= 11 is 0. The molecule has 0 aliphatic carbocycles. The molecule has 0 spiro atoms.